The zero-order chi connectivity index (χ0) is 12.9. The van der Waals surface area contributed by atoms with Gasteiger partial charge in [-0.1, -0.05) is 20.3 Å². The van der Waals surface area contributed by atoms with Crippen molar-refractivity contribution in [1.82, 2.24) is 10.2 Å². The number of hydrogen-bond acceptors (Lipinski definition) is 3. The third kappa shape index (κ3) is 4.23. The second-order valence-corrected chi connectivity index (χ2v) is 5.74. The van der Waals surface area contributed by atoms with Crippen molar-refractivity contribution in [3.63, 3.8) is 0 Å². The Kier molecular flexibility index (Phi) is 5.90. The van der Waals surface area contributed by atoms with E-state index in [4.69, 9.17) is 4.74 Å². The highest BCUT2D eigenvalue weighted by Crippen LogP contribution is 2.22. The lowest BCUT2D eigenvalue weighted by molar-refractivity contribution is -0.0180. The predicted molar refractivity (Wildman–Crippen MR) is 73.4 cm³/mol. The summed E-state index contributed by atoms with van der Waals surface area (Å²) < 4.78 is 5.63. The highest BCUT2D eigenvalue weighted by atomic mass is 16.5. The number of nitrogens with zero attached hydrogens (tertiary/aromatic N) is 1. The van der Waals surface area contributed by atoms with Crippen molar-refractivity contribution >= 4 is 0 Å². The van der Waals surface area contributed by atoms with Crippen molar-refractivity contribution < 1.29 is 4.74 Å². The smallest absolute Gasteiger partial charge is 0.0787 e. The van der Waals surface area contributed by atoms with Gasteiger partial charge >= 0.3 is 0 Å². The average Bonchev–Trinajstić information content (AvgIpc) is 2.76. The van der Waals surface area contributed by atoms with Gasteiger partial charge in [0, 0.05) is 26.2 Å². The van der Waals surface area contributed by atoms with Crippen LogP contribution in [0.4, 0.5) is 0 Å². The fourth-order valence-corrected chi connectivity index (χ4v) is 2.59. The Hall–Kier alpha value is -0.120. The van der Waals surface area contributed by atoms with E-state index in [2.05, 4.69) is 37.9 Å². The van der Waals surface area contributed by atoms with Crippen LogP contribution in [0.15, 0.2) is 0 Å². The highest BCUT2D eigenvalue weighted by Gasteiger charge is 2.32. The summed E-state index contributed by atoms with van der Waals surface area (Å²) in [5, 5.41) is 3.57. The lowest BCUT2D eigenvalue weighted by atomic mass is 9.98. The fourth-order valence-electron chi connectivity index (χ4n) is 2.59. The summed E-state index contributed by atoms with van der Waals surface area (Å²) in [5.41, 5.74) is -0.0969. The molecular formula is C14H30N2O. The number of hydrogen-bond donors (Lipinski definition) is 1. The molecule has 0 aromatic rings. The van der Waals surface area contributed by atoms with Crippen molar-refractivity contribution in [1.29, 1.82) is 0 Å². The van der Waals surface area contributed by atoms with Gasteiger partial charge in [0.2, 0.25) is 0 Å². The Morgan fingerprint density at radius 2 is 2.12 bits per heavy atom. The third-order valence-corrected chi connectivity index (χ3v) is 4.20. The molecule has 102 valence electrons. The molecule has 0 spiro atoms. The molecule has 0 amide bonds. The lowest BCUT2D eigenvalue weighted by Crippen LogP contribution is -2.53. The van der Waals surface area contributed by atoms with Crippen LogP contribution in [0, 0.1) is 5.92 Å². The summed E-state index contributed by atoms with van der Waals surface area (Å²) >= 11 is 0. The number of ether oxygens (including phenoxy) is 1. The highest BCUT2D eigenvalue weighted by molar-refractivity contribution is 4.89. The maximum atomic E-state index is 5.63. The molecular weight excluding hydrogens is 212 g/mol. The molecule has 1 heterocycles. The van der Waals surface area contributed by atoms with Crippen LogP contribution in [0.2, 0.25) is 0 Å². The Labute approximate surface area is 107 Å². The molecule has 1 aliphatic heterocycles. The van der Waals surface area contributed by atoms with Crippen molar-refractivity contribution in [2.75, 3.05) is 33.3 Å². The van der Waals surface area contributed by atoms with Gasteiger partial charge in [0.05, 0.1) is 5.60 Å². The van der Waals surface area contributed by atoms with Crippen molar-refractivity contribution in [3.05, 3.63) is 0 Å². The van der Waals surface area contributed by atoms with Crippen LogP contribution in [0.25, 0.3) is 0 Å². The van der Waals surface area contributed by atoms with E-state index >= 15 is 0 Å². The van der Waals surface area contributed by atoms with Crippen LogP contribution in [0.5, 0.6) is 0 Å². The van der Waals surface area contributed by atoms with Crippen molar-refractivity contribution in [3.8, 4) is 0 Å². The number of nitrogens with one attached hydrogen (secondary N) is 1. The quantitative estimate of drug-likeness (QED) is 0.740. The number of likely N-dealkylation sites (tertiary alicyclic amines) is 1. The van der Waals surface area contributed by atoms with Gasteiger partial charge in [-0.2, -0.15) is 0 Å². The SMILES string of the molecule is CCNC(CN1CCC(CC)C1)C(C)(C)OC. The number of rotatable bonds is 7. The molecule has 1 fully saturated rings. The zero-order valence-electron chi connectivity index (χ0n) is 12.3. The van der Waals surface area contributed by atoms with E-state index in [9.17, 15) is 0 Å². The molecule has 3 heteroatoms. The van der Waals surface area contributed by atoms with Crippen molar-refractivity contribution in [2.24, 2.45) is 5.92 Å². The van der Waals surface area contributed by atoms with Gasteiger partial charge in [-0.05, 0) is 39.3 Å². The minimum Gasteiger partial charge on any atom is -0.377 e. The summed E-state index contributed by atoms with van der Waals surface area (Å²) in [6.07, 6.45) is 2.68. The van der Waals surface area contributed by atoms with Gasteiger partial charge in [-0.15, -0.1) is 0 Å². The van der Waals surface area contributed by atoms with Crippen LogP contribution in [-0.2, 0) is 4.74 Å². The van der Waals surface area contributed by atoms with E-state index in [1.54, 1.807) is 0 Å². The second kappa shape index (κ2) is 6.72. The molecule has 0 bridgehead atoms. The summed E-state index contributed by atoms with van der Waals surface area (Å²) in [4.78, 5) is 2.59. The van der Waals surface area contributed by atoms with Crippen LogP contribution in [-0.4, -0.2) is 49.8 Å². The Morgan fingerprint density at radius 3 is 2.59 bits per heavy atom. The van der Waals surface area contributed by atoms with Crippen molar-refractivity contribution in [2.45, 2.75) is 52.2 Å². The topological polar surface area (TPSA) is 24.5 Å². The zero-order valence-corrected chi connectivity index (χ0v) is 12.3. The summed E-state index contributed by atoms with van der Waals surface area (Å²) in [6.45, 7) is 13.4. The standard InChI is InChI=1S/C14H30N2O/c1-6-12-8-9-16(10-12)11-13(15-7-2)14(3,4)17-5/h12-13,15H,6-11H2,1-5H3. The predicted octanol–water partition coefficient (Wildman–Crippen LogP) is 2.12. The molecule has 1 aliphatic rings. The maximum absolute atomic E-state index is 5.63. The molecule has 17 heavy (non-hydrogen) atoms. The van der Waals surface area contributed by atoms with Crippen LogP contribution < -0.4 is 5.32 Å². The summed E-state index contributed by atoms with van der Waals surface area (Å²) in [6, 6.07) is 0.410. The molecule has 1 saturated heterocycles. The van der Waals surface area contributed by atoms with E-state index in [-0.39, 0.29) is 5.60 Å². The monoisotopic (exact) mass is 242 g/mol. The van der Waals surface area contributed by atoms with Gasteiger partial charge in [0.1, 0.15) is 0 Å². The first-order valence-corrected chi connectivity index (χ1v) is 7.04. The molecule has 0 aliphatic carbocycles. The van der Waals surface area contributed by atoms with E-state index in [0.29, 0.717) is 6.04 Å². The molecule has 0 aromatic heterocycles. The molecule has 1 N–H and O–H groups in total. The fraction of sp³-hybridized carbons (Fsp3) is 1.00. The first-order chi connectivity index (χ1) is 8.03. The van der Waals surface area contributed by atoms with Gasteiger partial charge in [0.15, 0.2) is 0 Å². The average molecular weight is 242 g/mol. The molecule has 3 nitrogen and oxygen atoms in total. The lowest BCUT2D eigenvalue weighted by Gasteiger charge is -2.36. The largest absolute Gasteiger partial charge is 0.377 e. The van der Waals surface area contributed by atoms with Gasteiger partial charge in [0.25, 0.3) is 0 Å². The first kappa shape index (κ1) is 14.9. The van der Waals surface area contributed by atoms with Gasteiger partial charge < -0.3 is 15.0 Å². The first-order valence-electron chi connectivity index (χ1n) is 7.04. The second-order valence-electron chi connectivity index (χ2n) is 5.74. The Morgan fingerprint density at radius 1 is 1.41 bits per heavy atom. The normalized spacial score (nSPS) is 24.2. The Bertz CT molecular complexity index is 218. The van der Waals surface area contributed by atoms with E-state index < -0.39 is 0 Å². The minimum absolute atomic E-state index is 0.0969. The van der Waals surface area contributed by atoms with Gasteiger partial charge in [-0.3, -0.25) is 0 Å². The molecule has 2 atom stereocenters. The molecule has 0 radical (unpaired) electrons. The summed E-state index contributed by atoms with van der Waals surface area (Å²) in [7, 11) is 1.81. The molecule has 0 saturated carbocycles. The minimum atomic E-state index is -0.0969. The molecule has 0 aromatic carbocycles. The van der Waals surface area contributed by atoms with E-state index in [1.165, 1.54) is 25.9 Å². The number of likely N-dealkylation sites (N-methyl/N-ethyl adjacent to an activating group) is 1. The van der Waals surface area contributed by atoms with Crippen LogP contribution >= 0.6 is 0 Å². The maximum Gasteiger partial charge on any atom is 0.0787 e. The summed E-state index contributed by atoms with van der Waals surface area (Å²) in [5.74, 6) is 0.905. The van der Waals surface area contributed by atoms with Crippen LogP contribution in [0.1, 0.15) is 40.5 Å². The molecule has 2 unspecified atom stereocenters. The van der Waals surface area contributed by atoms with Gasteiger partial charge in [-0.25, -0.2) is 0 Å². The number of methoxy groups -OCH3 is 1. The van der Waals surface area contributed by atoms with E-state index in [1.807, 2.05) is 7.11 Å². The third-order valence-electron chi connectivity index (χ3n) is 4.20. The van der Waals surface area contributed by atoms with Crippen LogP contribution in [0.3, 0.4) is 0 Å². The Balaban J connectivity index is 2.50. The molecule has 1 rings (SSSR count). The van der Waals surface area contributed by atoms with E-state index in [0.717, 1.165) is 19.0 Å².